The molecule has 1 fully saturated rings. The molecule has 4 nitrogen and oxygen atoms in total. The van der Waals surface area contributed by atoms with Gasteiger partial charge in [-0.1, -0.05) is 22.9 Å². The molecule has 1 aliphatic heterocycles. The third-order valence-electron chi connectivity index (χ3n) is 3.35. The van der Waals surface area contributed by atoms with Crippen molar-refractivity contribution in [2.75, 3.05) is 13.1 Å². The summed E-state index contributed by atoms with van der Waals surface area (Å²) in [6, 6.07) is 4.97. The van der Waals surface area contributed by atoms with Crippen LogP contribution in [0.15, 0.2) is 22.7 Å². The zero-order valence-electron chi connectivity index (χ0n) is 10.6. The van der Waals surface area contributed by atoms with Crippen molar-refractivity contribution >= 4 is 34.2 Å². The number of benzene rings is 1. The number of carbonyl (C=O) groups is 1. The van der Waals surface area contributed by atoms with Crippen LogP contribution < -0.4 is 10.6 Å². The molecule has 19 heavy (non-hydrogen) atoms. The molecule has 0 radical (unpaired) electrons. The number of hydrogen-bond donors (Lipinski definition) is 3. The number of hydrogen-bond acceptors (Lipinski definition) is 3. The molecule has 0 saturated carbocycles. The average molecular weight is 350 g/mol. The van der Waals surface area contributed by atoms with Gasteiger partial charge in [-0.25, -0.2) is 0 Å². The number of piperidine rings is 1. The van der Waals surface area contributed by atoms with Crippen LogP contribution in [-0.2, 0) is 0 Å². The van der Waals surface area contributed by atoms with E-state index in [4.69, 9.17) is 0 Å². The molecule has 2 unspecified atom stereocenters. The van der Waals surface area contributed by atoms with E-state index in [-0.39, 0.29) is 30.1 Å². The van der Waals surface area contributed by atoms with Gasteiger partial charge in [-0.15, -0.1) is 12.4 Å². The first-order valence-electron chi connectivity index (χ1n) is 6.08. The smallest absolute Gasteiger partial charge is 0.255 e. The van der Waals surface area contributed by atoms with Gasteiger partial charge >= 0.3 is 0 Å². The molecule has 3 N–H and O–H groups in total. The van der Waals surface area contributed by atoms with Gasteiger partial charge < -0.3 is 15.7 Å². The third kappa shape index (κ3) is 4.09. The highest BCUT2D eigenvalue weighted by Gasteiger charge is 2.24. The molecule has 1 aromatic rings. The maximum absolute atomic E-state index is 12.1. The minimum absolute atomic E-state index is 0. The number of amides is 1. The van der Waals surface area contributed by atoms with E-state index in [0.717, 1.165) is 24.0 Å². The molecular weight excluding hydrogens is 332 g/mol. The van der Waals surface area contributed by atoms with Crippen molar-refractivity contribution in [2.24, 2.45) is 5.92 Å². The van der Waals surface area contributed by atoms with Crippen LogP contribution in [0.25, 0.3) is 0 Å². The number of nitrogens with one attached hydrogen (secondary N) is 2. The molecule has 1 saturated heterocycles. The Kier molecular flexibility index (Phi) is 6.10. The molecule has 6 heteroatoms. The lowest BCUT2D eigenvalue weighted by atomic mass is 9.94. The van der Waals surface area contributed by atoms with E-state index in [1.807, 2.05) is 0 Å². The van der Waals surface area contributed by atoms with Gasteiger partial charge in [-0.05, 0) is 37.1 Å². The molecule has 2 rings (SSSR count). The minimum Gasteiger partial charge on any atom is -0.507 e. The fraction of sp³-hybridized carbons (Fsp3) is 0.462. The van der Waals surface area contributed by atoms with Crippen LogP contribution >= 0.6 is 28.3 Å². The summed E-state index contributed by atoms with van der Waals surface area (Å²) in [6.45, 7) is 3.91. The minimum atomic E-state index is -0.227. The normalized spacial score (nSPS) is 22.4. The van der Waals surface area contributed by atoms with E-state index in [9.17, 15) is 9.90 Å². The van der Waals surface area contributed by atoms with E-state index in [1.165, 1.54) is 6.07 Å². The first-order valence-corrected chi connectivity index (χ1v) is 6.87. The van der Waals surface area contributed by atoms with Crippen molar-refractivity contribution in [3.05, 3.63) is 28.2 Å². The summed E-state index contributed by atoms with van der Waals surface area (Å²) in [7, 11) is 0. The highest BCUT2D eigenvalue weighted by atomic mass is 79.9. The van der Waals surface area contributed by atoms with Crippen LogP contribution in [0, 0.1) is 5.92 Å². The highest BCUT2D eigenvalue weighted by molar-refractivity contribution is 9.10. The Bertz CT molecular complexity index is 456. The molecule has 106 valence electrons. The van der Waals surface area contributed by atoms with Crippen LogP contribution in [0.3, 0.4) is 0 Å². The summed E-state index contributed by atoms with van der Waals surface area (Å²) in [5, 5.41) is 15.9. The Balaban J connectivity index is 0.00000180. The molecular formula is C13H18BrClN2O2. The van der Waals surface area contributed by atoms with Gasteiger partial charge in [0.2, 0.25) is 0 Å². The maximum Gasteiger partial charge on any atom is 0.255 e. The Labute approximate surface area is 127 Å². The van der Waals surface area contributed by atoms with Crippen LogP contribution in [0.1, 0.15) is 23.7 Å². The summed E-state index contributed by atoms with van der Waals surface area (Å²) in [6.07, 6.45) is 1.05. The van der Waals surface area contributed by atoms with Gasteiger partial charge in [0.1, 0.15) is 5.75 Å². The number of halogens is 2. The zero-order valence-corrected chi connectivity index (χ0v) is 13.1. The first kappa shape index (κ1) is 16.3. The maximum atomic E-state index is 12.1. The third-order valence-corrected chi connectivity index (χ3v) is 3.84. The first-order chi connectivity index (χ1) is 8.58. The number of carbonyl (C=O) groups excluding carboxylic acids is 1. The molecule has 1 amide bonds. The predicted molar refractivity (Wildman–Crippen MR) is 81.0 cm³/mol. The predicted octanol–water partition coefficient (Wildman–Crippen LogP) is 2.30. The molecule has 0 spiro atoms. The molecule has 0 aromatic heterocycles. The number of phenolic OH excluding ortho intramolecular Hbond substituents is 1. The van der Waals surface area contributed by atoms with Gasteiger partial charge in [0, 0.05) is 17.1 Å². The van der Waals surface area contributed by atoms with Crippen LogP contribution in [0.2, 0.25) is 0 Å². The molecule has 0 aliphatic carbocycles. The van der Waals surface area contributed by atoms with Gasteiger partial charge in [0.15, 0.2) is 0 Å². The van der Waals surface area contributed by atoms with Crippen molar-refractivity contribution in [3.63, 3.8) is 0 Å². The van der Waals surface area contributed by atoms with E-state index in [2.05, 4.69) is 33.5 Å². The van der Waals surface area contributed by atoms with Crippen LogP contribution in [0.4, 0.5) is 0 Å². The van der Waals surface area contributed by atoms with Crippen LogP contribution in [-0.4, -0.2) is 30.1 Å². The Morgan fingerprint density at radius 2 is 2.26 bits per heavy atom. The van der Waals surface area contributed by atoms with E-state index >= 15 is 0 Å². The zero-order chi connectivity index (χ0) is 13.1. The highest BCUT2D eigenvalue weighted by Crippen LogP contribution is 2.22. The second kappa shape index (κ2) is 7.12. The van der Waals surface area contributed by atoms with Crippen molar-refractivity contribution in [1.29, 1.82) is 0 Å². The number of rotatable bonds is 2. The molecule has 1 aliphatic rings. The molecule has 2 atom stereocenters. The average Bonchev–Trinajstić information content (AvgIpc) is 2.35. The fourth-order valence-electron chi connectivity index (χ4n) is 2.12. The quantitative estimate of drug-likeness (QED) is 0.768. The summed E-state index contributed by atoms with van der Waals surface area (Å²) in [5.74, 6) is 0.228. The van der Waals surface area contributed by atoms with Gasteiger partial charge in [0.05, 0.1) is 5.56 Å². The number of aromatic hydroxyl groups is 1. The van der Waals surface area contributed by atoms with Crippen molar-refractivity contribution in [3.8, 4) is 5.75 Å². The second-order valence-electron chi connectivity index (χ2n) is 4.71. The fourth-order valence-corrected chi connectivity index (χ4v) is 2.48. The second-order valence-corrected chi connectivity index (χ2v) is 5.63. The lowest BCUT2D eigenvalue weighted by molar-refractivity contribution is 0.0912. The van der Waals surface area contributed by atoms with Gasteiger partial charge in [-0.3, -0.25) is 4.79 Å². The Morgan fingerprint density at radius 3 is 2.95 bits per heavy atom. The Hall–Kier alpha value is -0.780. The molecule has 1 aromatic carbocycles. The largest absolute Gasteiger partial charge is 0.507 e. The van der Waals surface area contributed by atoms with Crippen molar-refractivity contribution in [2.45, 2.75) is 19.4 Å². The van der Waals surface area contributed by atoms with Gasteiger partial charge in [0.25, 0.3) is 5.91 Å². The lowest BCUT2D eigenvalue weighted by Crippen LogP contribution is -2.50. The summed E-state index contributed by atoms with van der Waals surface area (Å²) >= 11 is 3.30. The van der Waals surface area contributed by atoms with Crippen molar-refractivity contribution in [1.82, 2.24) is 10.6 Å². The summed E-state index contributed by atoms with van der Waals surface area (Å²) in [4.78, 5) is 12.1. The SMILES string of the molecule is CC1CCNCC1NC(=O)c1cc(Br)ccc1O.Cl. The molecule has 0 bridgehead atoms. The number of phenols is 1. The lowest BCUT2D eigenvalue weighted by Gasteiger charge is -2.30. The van der Waals surface area contributed by atoms with E-state index < -0.39 is 0 Å². The van der Waals surface area contributed by atoms with Crippen molar-refractivity contribution < 1.29 is 9.90 Å². The Morgan fingerprint density at radius 1 is 1.53 bits per heavy atom. The summed E-state index contributed by atoms with van der Waals surface area (Å²) in [5.41, 5.74) is 0.308. The van der Waals surface area contributed by atoms with E-state index in [1.54, 1.807) is 12.1 Å². The van der Waals surface area contributed by atoms with Gasteiger partial charge in [-0.2, -0.15) is 0 Å². The topological polar surface area (TPSA) is 61.4 Å². The van der Waals surface area contributed by atoms with Crippen LogP contribution in [0.5, 0.6) is 5.75 Å². The van der Waals surface area contributed by atoms with E-state index in [0.29, 0.717) is 11.5 Å². The summed E-state index contributed by atoms with van der Waals surface area (Å²) < 4.78 is 0.778. The monoisotopic (exact) mass is 348 g/mol. The standard InChI is InChI=1S/C13H17BrN2O2.ClH/c1-8-4-5-15-7-11(8)16-13(18)10-6-9(14)2-3-12(10)17;/h2-3,6,8,11,15,17H,4-5,7H2,1H3,(H,16,18);1H. The molecule has 1 heterocycles.